The molecule has 2 aromatic rings. The number of nitrogens with one attached hydrogen (secondary N) is 1. The van der Waals surface area contributed by atoms with Gasteiger partial charge in [-0.25, -0.2) is 0 Å². The van der Waals surface area contributed by atoms with E-state index in [0.29, 0.717) is 5.56 Å². The highest BCUT2D eigenvalue weighted by Crippen LogP contribution is 2.10. The summed E-state index contributed by atoms with van der Waals surface area (Å²) in [6, 6.07) is 19.8. The fraction of sp³-hybridized carbons (Fsp3) is 0.250. The van der Waals surface area contributed by atoms with Gasteiger partial charge in [-0.1, -0.05) is 48.5 Å². The van der Waals surface area contributed by atoms with Crippen LogP contribution < -0.4 is 5.32 Å². The minimum Gasteiger partial charge on any atom is -0.324 e. The highest BCUT2D eigenvalue weighted by Gasteiger charge is 2.15. The van der Waals surface area contributed by atoms with Crippen molar-refractivity contribution in [2.24, 2.45) is 0 Å². The van der Waals surface area contributed by atoms with Gasteiger partial charge in [0.2, 0.25) is 0 Å². The van der Waals surface area contributed by atoms with Crippen LogP contribution >= 0.6 is 0 Å². The van der Waals surface area contributed by atoms with E-state index in [0.717, 1.165) is 38.2 Å². The van der Waals surface area contributed by atoms with Gasteiger partial charge < -0.3 is 5.32 Å². The van der Waals surface area contributed by atoms with Crippen molar-refractivity contribution in [3.05, 3.63) is 83.6 Å². The van der Waals surface area contributed by atoms with Gasteiger partial charge in [0.15, 0.2) is 0 Å². The van der Waals surface area contributed by atoms with Crippen molar-refractivity contribution in [3.63, 3.8) is 0 Å². The summed E-state index contributed by atoms with van der Waals surface area (Å²) in [5, 5.41) is 2.99. The minimum absolute atomic E-state index is 0.0574. The molecule has 3 rings (SSSR count). The maximum absolute atomic E-state index is 12.2. The fourth-order valence-corrected chi connectivity index (χ4v) is 2.73. The van der Waals surface area contributed by atoms with Gasteiger partial charge in [0.05, 0.1) is 0 Å². The summed E-state index contributed by atoms with van der Waals surface area (Å²) in [5.74, 6) is -0.0574. The van der Waals surface area contributed by atoms with Crippen LogP contribution in [0.1, 0.15) is 22.3 Å². The first-order valence-electron chi connectivity index (χ1n) is 8.03. The Morgan fingerprint density at radius 1 is 1.04 bits per heavy atom. The molecule has 1 radical (unpaired) electrons. The molecule has 0 unspecified atom stereocenters. The van der Waals surface area contributed by atoms with E-state index in [-0.39, 0.29) is 5.91 Å². The zero-order valence-electron chi connectivity index (χ0n) is 13.2. The van der Waals surface area contributed by atoms with Crippen LogP contribution in [-0.4, -0.2) is 30.4 Å². The summed E-state index contributed by atoms with van der Waals surface area (Å²) < 4.78 is 0. The largest absolute Gasteiger partial charge is 0.324 e. The molecule has 0 fully saturated rings. The standard InChI is InChI=1S/C20H21N2O/c23-20(18-10-5-2-6-11-18)21-19-12-7-14-22(16-19)15-13-17-8-3-1-4-9-17/h1-6,8-11H,7,13-16H2,(H,21,23). The van der Waals surface area contributed by atoms with Crippen molar-refractivity contribution in [1.29, 1.82) is 0 Å². The number of nitrogens with zero attached hydrogens (tertiary/aromatic N) is 1. The maximum atomic E-state index is 12.2. The molecular formula is C20H21N2O. The van der Waals surface area contributed by atoms with Gasteiger partial charge in [-0.3, -0.25) is 9.69 Å². The molecule has 23 heavy (non-hydrogen) atoms. The van der Waals surface area contributed by atoms with Crippen molar-refractivity contribution in [3.8, 4) is 0 Å². The van der Waals surface area contributed by atoms with Crippen molar-refractivity contribution >= 4 is 5.91 Å². The number of carbonyl (C=O) groups is 1. The molecule has 117 valence electrons. The van der Waals surface area contributed by atoms with Crippen LogP contribution in [0.15, 0.2) is 66.4 Å². The molecule has 0 bridgehead atoms. The summed E-state index contributed by atoms with van der Waals surface area (Å²) in [4.78, 5) is 14.6. The Morgan fingerprint density at radius 3 is 2.48 bits per heavy atom. The molecule has 0 saturated heterocycles. The SMILES string of the molecule is O=C(NC1=[C]CCN(CCc2ccccc2)C1)c1ccccc1. The zero-order valence-corrected chi connectivity index (χ0v) is 13.2. The Balaban J connectivity index is 1.52. The summed E-state index contributed by atoms with van der Waals surface area (Å²) in [6.45, 7) is 2.75. The molecule has 1 aliphatic rings. The zero-order chi connectivity index (χ0) is 15.9. The Bertz CT molecular complexity index is 665. The lowest BCUT2D eigenvalue weighted by atomic mass is 10.1. The first kappa shape index (κ1) is 15.5. The molecular weight excluding hydrogens is 284 g/mol. The van der Waals surface area contributed by atoms with E-state index in [4.69, 9.17) is 0 Å². The molecule has 3 heteroatoms. The molecule has 2 aromatic carbocycles. The second-order valence-electron chi connectivity index (χ2n) is 5.74. The Labute approximate surface area is 137 Å². The van der Waals surface area contributed by atoms with Crippen LogP contribution in [0.5, 0.6) is 0 Å². The number of rotatable bonds is 5. The third kappa shape index (κ3) is 4.54. The summed E-state index contributed by atoms with van der Waals surface area (Å²) in [6.07, 6.45) is 5.18. The average Bonchev–Trinajstić information content (AvgIpc) is 2.62. The third-order valence-electron chi connectivity index (χ3n) is 4.01. The molecule has 1 N–H and O–H groups in total. The fourth-order valence-electron chi connectivity index (χ4n) is 2.73. The number of hydrogen-bond donors (Lipinski definition) is 1. The van der Waals surface area contributed by atoms with E-state index in [9.17, 15) is 4.79 Å². The first-order valence-corrected chi connectivity index (χ1v) is 8.03. The number of carbonyl (C=O) groups excluding carboxylic acids is 1. The lowest BCUT2D eigenvalue weighted by molar-refractivity contribution is 0.0960. The molecule has 0 aromatic heterocycles. The molecule has 1 amide bonds. The summed E-state index contributed by atoms with van der Waals surface area (Å²) in [5.41, 5.74) is 2.92. The minimum atomic E-state index is -0.0574. The van der Waals surface area contributed by atoms with Crippen LogP contribution in [0.25, 0.3) is 0 Å². The smallest absolute Gasteiger partial charge is 0.255 e. The number of benzene rings is 2. The monoisotopic (exact) mass is 305 g/mol. The van der Waals surface area contributed by atoms with Gasteiger partial charge in [0, 0.05) is 30.9 Å². The predicted octanol–water partition coefficient (Wildman–Crippen LogP) is 3.05. The lowest BCUT2D eigenvalue weighted by Crippen LogP contribution is -2.37. The van der Waals surface area contributed by atoms with Gasteiger partial charge in [-0.15, -0.1) is 0 Å². The quantitative estimate of drug-likeness (QED) is 0.921. The van der Waals surface area contributed by atoms with E-state index in [1.54, 1.807) is 0 Å². The van der Waals surface area contributed by atoms with Crippen molar-refractivity contribution in [2.75, 3.05) is 19.6 Å². The molecule has 0 atom stereocenters. The van der Waals surface area contributed by atoms with Crippen LogP contribution in [-0.2, 0) is 6.42 Å². The van der Waals surface area contributed by atoms with Crippen molar-refractivity contribution in [1.82, 2.24) is 10.2 Å². The maximum Gasteiger partial charge on any atom is 0.255 e. The normalized spacial score (nSPS) is 15.0. The Hall–Kier alpha value is -2.39. The first-order chi connectivity index (χ1) is 11.3. The van der Waals surface area contributed by atoms with Crippen LogP contribution in [0.2, 0.25) is 0 Å². The summed E-state index contributed by atoms with van der Waals surface area (Å²) in [7, 11) is 0. The molecule has 3 nitrogen and oxygen atoms in total. The Morgan fingerprint density at radius 2 is 1.74 bits per heavy atom. The molecule has 0 saturated carbocycles. The molecule has 1 aliphatic heterocycles. The van der Waals surface area contributed by atoms with Gasteiger partial charge >= 0.3 is 0 Å². The van der Waals surface area contributed by atoms with Crippen LogP contribution in [0.3, 0.4) is 0 Å². The van der Waals surface area contributed by atoms with Crippen molar-refractivity contribution < 1.29 is 4.79 Å². The van der Waals surface area contributed by atoms with E-state index in [1.165, 1.54) is 5.56 Å². The molecule has 0 aliphatic carbocycles. The number of amides is 1. The van der Waals surface area contributed by atoms with Crippen LogP contribution in [0, 0.1) is 6.08 Å². The highest BCUT2D eigenvalue weighted by atomic mass is 16.1. The molecule has 1 heterocycles. The van der Waals surface area contributed by atoms with Gasteiger partial charge in [0.1, 0.15) is 0 Å². The van der Waals surface area contributed by atoms with Gasteiger partial charge in [-0.2, -0.15) is 0 Å². The lowest BCUT2D eigenvalue weighted by Gasteiger charge is -2.27. The summed E-state index contributed by atoms with van der Waals surface area (Å²) >= 11 is 0. The average molecular weight is 305 g/mol. The van der Waals surface area contributed by atoms with Crippen molar-refractivity contribution in [2.45, 2.75) is 12.8 Å². The van der Waals surface area contributed by atoms with E-state index >= 15 is 0 Å². The second kappa shape index (κ2) is 7.75. The van der Waals surface area contributed by atoms with Crippen LogP contribution in [0.4, 0.5) is 0 Å². The highest BCUT2D eigenvalue weighted by molar-refractivity contribution is 5.95. The van der Waals surface area contributed by atoms with E-state index in [2.05, 4.69) is 40.6 Å². The number of hydrogen-bond acceptors (Lipinski definition) is 2. The third-order valence-corrected chi connectivity index (χ3v) is 4.01. The van der Waals surface area contributed by atoms with E-state index < -0.39 is 0 Å². The second-order valence-corrected chi connectivity index (χ2v) is 5.74. The topological polar surface area (TPSA) is 32.3 Å². The molecule has 0 spiro atoms. The van der Waals surface area contributed by atoms with Gasteiger partial charge in [0.25, 0.3) is 5.91 Å². The Kier molecular flexibility index (Phi) is 5.22. The van der Waals surface area contributed by atoms with Gasteiger partial charge in [-0.05, 0) is 36.6 Å². The predicted molar refractivity (Wildman–Crippen MR) is 91.9 cm³/mol. The van der Waals surface area contributed by atoms with E-state index in [1.807, 2.05) is 36.4 Å².